The molecule has 2 aliphatic heterocycles. The summed E-state index contributed by atoms with van der Waals surface area (Å²) >= 11 is 1.74. The lowest BCUT2D eigenvalue weighted by molar-refractivity contribution is -0.134. The van der Waals surface area contributed by atoms with Gasteiger partial charge >= 0.3 is 6.03 Å². The molecule has 2 unspecified atom stereocenters. The van der Waals surface area contributed by atoms with Gasteiger partial charge in [0.1, 0.15) is 12.1 Å². The van der Waals surface area contributed by atoms with E-state index in [9.17, 15) is 14.4 Å². The number of urea groups is 1. The number of carbonyl (C=O) groups is 3. The third-order valence-corrected chi connectivity index (χ3v) is 7.50. The Morgan fingerprint density at radius 1 is 1.16 bits per heavy atom. The first-order valence-electron chi connectivity index (χ1n) is 11.0. The average Bonchev–Trinajstić information content (AvgIpc) is 2.90. The molecule has 1 saturated heterocycles. The van der Waals surface area contributed by atoms with Crippen LogP contribution in [0, 0.1) is 0 Å². The fraction of sp³-hybridized carbons (Fsp3) is 0.400. The van der Waals surface area contributed by atoms with Crippen LogP contribution in [0.15, 0.2) is 53.4 Å². The first-order chi connectivity index (χ1) is 15.2. The summed E-state index contributed by atoms with van der Waals surface area (Å²) < 4.78 is 0. The van der Waals surface area contributed by atoms with Crippen molar-refractivity contribution in [3.05, 3.63) is 59.7 Å². The molecular weight excluding hydrogens is 422 g/mol. The monoisotopic (exact) mass is 451 g/mol. The summed E-state index contributed by atoms with van der Waals surface area (Å²) in [5, 5.41) is 3.18. The molecule has 7 heteroatoms. The zero-order valence-corrected chi connectivity index (χ0v) is 19.7. The van der Waals surface area contributed by atoms with Crippen LogP contribution in [-0.4, -0.2) is 41.1 Å². The molecule has 2 atom stereocenters. The lowest BCUT2D eigenvalue weighted by Gasteiger charge is -2.25. The van der Waals surface area contributed by atoms with Gasteiger partial charge in [-0.3, -0.25) is 14.5 Å². The number of thioether (sulfide) groups is 1. The third kappa shape index (κ3) is 4.01. The molecule has 32 heavy (non-hydrogen) atoms. The SMILES string of the molecule is CC1CCN(C(=O)CN2C(=O)NC(C)(c3ccc(C(C)C)cc3)C2=O)c2ccccc2S1. The standard InChI is InChI=1S/C25H29N3O3S/c1-16(2)18-9-11-19(12-10-18)25(4)23(30)28(24(31)26-25)15-22(29)27-14-13-17(3)32-21-8-6-5-7-20(21)27/h5-12,16-17H,13-15H2,1-4H3,(H,26,31). The molecule has 2 heterocycles. The number of hydrogen-bond acceptors (Lipinski definition) is 4. The lowest BCUT2D eigenvalue weighted by atomic mass is 9.90. The van der Waals surface area contributed by atoms with Crippen molar-refractivity contribution in [1.29, 1.82) is 0 Å². The largest absolute Gasteiger partial charge is 0.325 e. The van der Waals surface area contributed by atoms with E-state index in [4.69, 9.17) is 0 Å². The molecule has 2 aromatic rings. The summed E-state index contributed by atoms with van der Waals surface area (Å²) in [4.78, 5) is 43.1. The molecule has 4 rings (SSSR count). The van der Waals surface area contributed by atoms with Gasteiger partial charge in [0.15, 0.2) is 0 Å². The van der Waals surface area contributed by atoms with Crippen LogP contribution >= 0.6 is 11.8 Å². The van der Waals surface area contributed by atoms with Crippen molar-refractivity contribution in [3.8, 4) is 0 Å². The summed E-state index contributed by atoms with van der Waals surface area (Å²) in [5.41, 5.74) is 1.52. The number of para-hydroxylation sites is 1. The molecule has 0 bridgehead atoms. The number of nitrogens with one attached hydrogen (secondary N) is 1. The Morgan fingerprint density at radius 2 is 1.84 bits per heavy atom. The second-order valence-corrected chi connectivity index (χ2v) is 10.4. The summed E-state index contributed by atoms with van der Waals surface area (Å²) in [6, 6.07) is 15.0. The number of nitrogens with zero attached hydrogens (tertiary/aromatic N) is 2. The zero-order valence-electron chi connectivity index (χ0n) is 18.9. The maximum atomic E-state index is 13.3. The smallest absolute Gasteiger partial charge is 0.319 e. The minimum Gasteiger partial charge on any atom is -0.319 e. The van der Waals surface area contributed by atoms with E-state index >= 15 is 0 Å². The summed E-state index contributed by atoms with van der Waals surface area (Å²) in [6.07, 6.45) is 0.838. The summed E-state index contributed by atoms with van der Waals surface area (Å²) in [6.45, 7) is 8.32. The number of fused-ring (bicyclic) bond motifs is 1. The Morgan fingerprint density at radius 3 is 2.53 bits per heavy atom. The van der Waals surface area contributed by atoms with Crippen molar-refractivity contribution in [3.63, 3.8) is 0 Å². The first kappa shape index (κ1) is 22.4. The topological polar surface area (TPSA) is 69.7 Å². The van der Waals surface area contributed by atoms with Crippen LogP contribution in [0.25, 0.3) is 0 Å². The quantitative estimate of drug-likeness (QED) is 0.695. The molecule has 4 amide bonds. The minimum atomic E-state index is -1.19. The van der Waals surface area contributed by atoms with Gasteiger partial charge < -0.3 is 10.2 Å². The van der Waals surface area contributed by atoms with E-state index in [2.05, 4.69) is 26.1 Å². The van der Waals surface area contributed by atoms with Gasteiger partial charge in [-0.25, -0.2) is 4.79 Å². The number of rotatable bonds is 4. The second-order valence-electron chi connectivity index (χ2n) is 8.95. The zero-order chi connectivity index (χ0) is 23.0. The van der Waals surface area contributed by atoms with E-state index in [0.717, 1.165) is 27.5 Å². The number of imide groups is 1. The van der Waals surface area contributed by atoms with Crippen LogP contribution in [-0.2, 0) is 15.1 Å². The van der Waals surface area contributed by atoms with E-state index < -0.39 is 17.5 Å². The van der Waals surface area contributed by atoms with E-state index in [0.29, 0.717) is 23.3 Å². The van der Waals surface area contributed by atoms with Crippen molar-refractivity contribution >= 4 is 35.3 Å². The Balaban J connectivity index is 1.55. The highest BCUT2D eigenvalue weighted by Crippen LogP contribution is 2.37. The average molecular weight is 452 g/mol. The van der Waals surface area contributed by atoms with Crippen LogP contribution in [0.1, 0.15) is 51.2 Å². The predicted octanol–water partition coefficient (Wildman–Crippen LogP) is 4.49. The van der Waals surface area contributed by atoms with Crippen LogP contribution < -0.4 is 10.2 Å². The van der Waals surface area contributed by atoms with Crippen molar-refractivity contribution in [1.82, 2.24) is 10.2 Å². The van der Waals surface area contributed by atoms with Crippen molar-refractivity contribution in [2.75, 3.05) is 18.0 Å². The molecule has 168 valence electrons. The van der Waals surface area contributed by atoms with E-state index in [-0.39, 0.29) is 12.5 Å². The molecule has 0 aliphatic carbocycles. The molecule has 0 spiro atoms. The second kappa shape index (κ2) is 8.62. The van der Waals surface area contributed by atoms with Crippen LogP contribution in [0.4, 0.5) is 10.5 Å². The highest BCUT2D eigenvalue weighted by atomic mass is 32.2. The van der Waals surface area contributed by atoms with Crippen LogP contribution in [0.5, 0.6) is 0 Å². The fourth-order valence-electron chi connectivity index (χ4n) is 4.20. The number of hydrogen-bond donors (Lipinski definition) is 1. The summed E-state index contributed by atoms with van der Waals surface area (Å²) in [7, 11) is 0. The molecule has 6 nitrogen and oxygen atoms in total. The van der Waals surface area contributed by atoms with E-state index in [1.165, 1.54) is 0 Å². The van der Waals surface area contributed by atoms with Crippen LogP contribution in [0.3, 0.4) is 0 Å². The summed E-state index contributed by atoms with van der Waals surface area (Å²) in [5.74, 6) is -0.286. The van der Waals surface area contributed by atoms with Crippen molar-refractivity contribution < 1.29 is 14.4 Å². The molecule has 1 fully saturated rings. The van der Waals surface area contributed by atoms with Gasteiger partial charge in [-0.2, -0.15) is 0 Å². The predicted molar refractivity (Wildman–Crippen MR) is 127 cm³/mol. The molecule has 0 aromatic heterocycles. The third-order valence-electron chi connectivity index (χ3n) is 6.27. The van der Waals surface area contributed by atoms with Crippen molar-refractivity contribution in [2.45, 2.75) is 55.7 Å². The van der Waals surface area contributed by atoms with E-state index in [1.54, 1.807) is 23.6 Å². The number of carbonyl (C=O) groups excluding carboxylic acids is 3. The normalized spacial score (nSPS) is 23.2. The van der Waals surface area contributed by atoms with Gasteiger partial charge in [-0.1, -0.05) is 57.2 Å². The van der Waals surface area contributed by atoms with Gasteiger partial charge in [-0.15, -0.1) is 11.8 Å². The fourth-order valence-corrected chi connectivity index (χ4v) is 5.32. The molecule has 2 aromatic carbocycles. The number of benzene rings is 2. The van der Waals surface area contributed by atoms with Crippen LogP contribution in [0.2, 0.25) is 0 Å². The molecular formula is C25H29N3O3S. The lowest BCUT2D eigenvalue weighted by Crippen LogP contribution is -2.45. The highest BCUT2D eigenvalue weighted by Gasteiger charge is 2.49. The number of amides is 4. The Bertz CT molecular complexity index is 1050. The van der Waals surface area contributed by atoms with Gasteiger partial charge in [-0.05, 0) is 42.5 Å². The Labute approximate surface area is 193 Å². The first-order valence-corrected chi connectivity index (χ1v) is 11.9. The van der Waals surface area contributed by atoms with Gasteiger partial charge in [0.25, 0.3) is 5.91 Å². The molecule has 1 N–H and O–H groups in total. The van der Waals surface area contributed by atoms with Gasteiger partial charge in [0, 0.05) is 16.7 Å². The molecule has 0 saturated carbocycles. The van der Waals surface area contributed by atoms with Gasteiger partial charge in [0.05, 0.1) is 5.69 Å². The Hall–Kier alpha value is -2.80. The minimum absolute atomic E-state index is 0.255. The molecule has 0 radical (unpaired) electrons. The number of anilines is 1. The Kier molecular flexibility index (Phi) is 6.03. The maximum absolute atomic E-state index is 13.3. The highest BCUT2D eigenvalue weighted by molar-refractivity contribution is 8.00. The van der Waals surface area contributed by atoms with Crippen molar-refractivity contribution in [2.24, 2.45) is 0 Å². The molecule has 2 aliphatic rings. The van der Waals surface area contributed by atoms with Gasteiger partial charge in [0.2, 0.25) is 5.91 Å². The van der Waals surface area contributed by atoms with E-state index in [1.807, 2.05) is 48.5 Å². The maximum Gasteiger partial charge on any atom is 0.325 e.